The van der Waals surface area contributed by atoms with E-state index in [1.807, 2.05) is 0 Å². The number of nitrogens with zero attached hydrogens (tertiary/aromatic N) is 1. The molecule has 0 unspecified atom stereocenters. The van der Waals surface area contributed by atoms with Gasteiger partial charge in [-0.1, -0.05) is 13.3 Å². The largest absolute Gasteiger partial charge is 0.428 e. The van der Waals surface area contributed by atoms with E-state index in [4.69, 9.17) is 4.74 Å². The zero-order valence-electron chi connectivity index (χ0n) is 12.4. The Morgan fingerprint density at radius 1 is 1.35 bits per heavy atom. The molecule has 1 heterocycles. The molecule has 0 amide bonds. The first-order chi connectivity index (χ1) is 9.54. The summed E-state index contributed by atoms with van der Waals surface area (Å²) in [4.78, 5) is 22.6. The van der Waals surface area contributed by atoms with E-state index in [0.29, 0.717) is 42.6 Å². The van der Waals surface area contributed by atoms with E-state index in [-0.39, 0.29) is 11.5 Å². The number of hydrogen-bond donors (Lipinski definition) is 1. The van der Waals surface area contributed by atoms with Crippen molar-refractivity contribution in [2.45, 2.75) is 46.5 Å². The van der Waals surface area contributed by atoms with Gasteiger partial charge in [0, 0.05) is 25.7 Å². The fourth-order valence-electron chi connectivity index (χ4n) is 2.25. The molecule has 0 saturated heterocycles. The average molecular weight is 281 g/mol. The van der Waals surface area contributed by atoms with Gasteiger partial charge in [0.2, 0.25) is 0 Å². The third kappa shape index (κ3) is 3.70. The monoisotopic (exact) mass is 281 g/mol. The molecular weight excluding hydrogens is 258 g/mol. The number of aromatic nitrogens is 1. The van der Waals surface area contributed by atoms with Crippen molar-refractivity contribution in [2.24, 2.45) is 0 Å². The molecule has 0 fully saturated rings. The quantitative estimate of drug-likeness (QED) is 0.327. The summed E-state index contributed by atoms with van der Waals surface area (Å²) in [6, 6.07) is 0. The van der Waals surface area contributed by atoms with Gasteiger partial charge in [-0.3, -0.25) is 9.59 Å². The second-order valence-corrected chi connectivity index (χ2v) is 4.89. The molecule has 0 aliphatic heterocycles. The standard InChI is InChI=1S/C15H23NO4/c1-4-5-8-20-9-6-7-14-13(10-17)11(2)15(12(3)18)16(14)19/h10,19H,4-9H2,1-3H3. The normalized spacial score (nSPS) is 10.8. The summed E-state index contributed by atoms with van der Waals surface area (Å²) in [5.41, 5.74) is 1.62. The molecule has 0 aromatic carbocycles. The van der Waals surface area contributed by atoms with Crippen LogP contribution in [0.25, 0.3) is 0 Å². The first-order valence-electron chi connectivity index (χ1n) is 7.01. The molecule has 0 bridgehead atoms. The van der Waals surface area contributed by atoms with Gasteiger partial charge in [0.15, 0.2) is 12.1 Å². The Morgan fingerprint density at radius 2 is 2.00 bits per heavy atom. The molecule has 5 nitrogen and oxygen atoms in total. The Bertz CT molecular complexity index is 477. The lowest BCUT2D eigenvalue weighted by Gasteiger charge is -2.06. The molecular formula is C15H23NO4. The van der Waals surface area contributed by atoms with Crippen LogP contribution in [0.3, 0.4) is 0 Å². The number of aldehydes is 1. The van der Waals surface area contributed by atoms with Crippen molar-refractivity contribution in [3.63, 3.8) is 0 Å². The van der Waals surface area contributed by atoms with Crippen molar-refractivity contribution >= 4 is 12.1 Å². The summed E-state index contributed by atoms with van der Waals surface area (Å²) < 4.78 is 6.30. The van der Waals surface area contributed by atoms with Crippen molar-refractivity contribution in [3.8, 4) is 0 Å². The van der Waals surface area contributed by atoms with Crippen LogP contribution in [-0.2, 0) is 11.2 Å². The van der Waals surface area contributed by atoms with Gasteiger partial charge < -0.3 is 9.94 Å². The summed E-state index contributed by atoms with van der Waals surface area (Å²) >= 11 is 0. The maximum Gasteiger partial charge on any atom is 0.179 e. The zero-order chi connectivity index (χ0) is 15.1. The topological polar surface area (TPSA) is 68.5 Å². The first-order valence-corrected chi connectivity index (χ1v) is 7.01. The van der Waals surface area contributed by atoms with Crippen LogP contribution in [0.15, 0.2) is 0 Å². The van der Waals surface area contributed by atoms with E-state index < -0.39 is 0 Å². The van der Waals surface area contributed by atoms with Crippen LogP contribution in [0.5, 0.6) is 0 Å². The predicted molar refractivity (Wildman–Crippen MR) is 75.8 cm³/mol. The third-order valence-electron chi connectivity index (χ3n) is 3.33. The van der Waals surface area contributed by atoms with Crippen LogP contribution in [0.1, 0.15) is 65.2 Å². The van der Waals surface area contributed by atoms with E-state index in [1.54, 1.807) is 6.92 Å². The number of ether oxygens (including phenoxy) is 1. The molecule has 1 N–H and O–H groups in total. The van der Waals surface area contributed by atoms with Gasteiger partial charge in [-0.05, 0) is 31.7 Å². The zero-order valence-corrected chi connectivity index (χ0v) is 12.4. The predicted octanol–water partition coefficient (Wildman–Crippen LogP) is 2.80. The Morgan fingerprint density at radius 3 is 2.55 bits per heavy atom. The van der Waals surface area contributed by atoms with Gasteiger partial charge in [0.25, 0.3) is 0 Å². The van der Waals surface area contributed by atoms with E-state index >= 15 is 0 Å². The molecule has 20 heavy (non-hydrogen) atoms. The number of carbonyl (C=O) groups excluding carboxylic acids is 2. The molecule has 0 aliphatic carbocycles. The number of carbonyl (C=O) groups is 2. The third-order valence-corrected chi connectivity index (χ3v) is 3.33. The van der Waals surface area contributed by atoms with E-state index in [9.17, 15) is 14.8 Å². The highest BCUT2D eigenvalue weighted by Crippen LogP contribution is 2.21. The van der Waals surface area contributed by atoms with Crippen molar-refractivity contribution in [1.29, 1.82) is 0 Å². The summed E-state index contributed by atoms with van der Waals surface area (Å²) in [6.07, 6.45) is 4.03. The van der Waals surface area contributed by atoms with Gasteiger partial charge in [-0.25, -0.2) is 0 Å². The van der Waals surface area contributed by atoms with Crippen molar-refractivity contribution in [1.82, 2.24) is 4.73 Å². The molecule has 5 heteroatoms. The van der Waals surface area contributed by atoms with E-state index in [0.717, 1.165) is 24.2 Å². The molecule has 112 valence electrons. The van der Waals surface area contributed by atoms with Gasteiger partial charge in [0.05, 0.1) is 5.69 Å². The van der Waals surface area contributed by atoms with Crippen LogP contribution in [-0.4, -0.2) is 35.2 Å². The molecule has 0 spiro atoms. The van der Waals surface area contributed by atoms with Crippen LogP contribution in [0.4, 0.5) is 0 Å². The Kier molecular flexibility index (Phi) is 6.45. The van der Waals surface area contributed by atoms with Crippen molar-refractivity contribution in [3.05, 3.63) is 22.5 Å². The minimum Gasteiger partial charge on any atom is -0.428 e. The molecule has 0 aliphatic rings. The second kappa shape index (κ2) is 7.85. The average Bonchev–Trinajstić information content (AvgIpc) is 2.64. The number of rotatable bonds is 9. The van der Waals surface area contributed by atoms with Crippen LogP contribution >= 0.6 is 0 Å². The number of ketones is 1. The van der Waals surface area contributed by atoms with Gasteiger partial charge >= 0.3 is 0 Å². The van der Waals surface area contributed by atoms with Gasteiger partial charge in [-0.15, -0.1) is 0 Å². The van der Waals surface area contributed by atoms with Crippen LogP contribution < -0.4 is 0 Å². The number of Topliss-reactive ketones (excluding diaryl/α,β-unsaturated/α-hetero) is 1. The van der Waals surface area contributed by atoms with Crippen molar-refractivity contribution in [2.75, 3.05) is 13.2 Å². The Labute approximate surface area is 119 Å². The lowest BCUT2D eigenvalue weighted by molar-refractivity contribution is 0.0952. The van der Waals surface area contributed by atoms with Crippen molar-refractivity contribution < 1.29 is 19.5 Å². The minimum atomic E-state index is -0.251. The fourth-order valence-corrected chi connectivity index (χ4v) is 2.25. The second-order valence-electron chi connectivity index (χ2n) is 4.89. The van der Waals surface area contributed by atoms with E-state index in [2.05, 4.69) is 6.92 Å². The highest BCUT2D eigenvalue weighted by molar-refractivity contribution is 5.97. The highest BCUT2D eigenvalue weighted by Gasteiger charge is 2.21. The lowest BCUT2D eigenvalue weighted by atomic mass is 10.1. The summed E-state index contributed by atoms with van der Waals surface area (Å²) in [7, 11) is 0. The van der Waals surface area contributed by atoms with Gasteiger partial charge in [0.1, 0.15) is 5.69 Å². The SMILES string of the molecule is CCCCOCCCc1c(C=O)c(C)c(C(C)=O)n1O. The molecule has 1 aromatic rings. The molecule has 0 saturated carbocycles. The fraction of sp³-hybridized carbons (Fsp3) is 0.600. The minimum absolute atomic E-state index is 0.189. The Balaban J connectivity index is 2.72. The van der Waals surface area contributed by atoms with Gasteiger partial charge in [-0.2, -0.15) is 4.73 Å². The Hall–Kier alpha value is -1.62. The van der Waals surface area contributed by atoms with E-state index in [1.165, 1.54) is 6.92 Å². The summed E-state index contributed by atoms with van der Waals surface area (Å²) in [5, 5.41) is 10.0. The summed E-state index contributed by atoms with van der Waals surface area (Å²) in [6.45, 7) is 6.47. The van der Waals surface area contributed by atoms with Crippen LogP contribution in [0.2, 0.25) is 0 Å². The lowest BCUT2D eigenvalue weighted by Crippen LogP contribution is -2.08. The smallest absolute Gasteiger partial charge is 0.179 e. The summed E-state index contributed by atoms with van der Waals surface area (Å²) in [5.74, 6) is -0.251. The molecule has 1 aromatic heterocycles. The first kappa shape index (κ1) is 16.4. The van der Waals surface area contributed by atoms with Crippen LogP contribution in [0, 0.1) is 6.92 Å². The number of hydrogen-bond acceptors (Lipinski definition) is 4. The number of unbranched alkanes of at least 4 members (excludes halogenated alkanes) is 1. The highest BCUT2D eigenvalue weighted by atomic mass is 16.5. The molecule has 0 atom stereocenters. The molecule has 0 radical (unpaired) electrons. The maximum absolute atomic E-state index is 11.5. The molecule has 1 rings (SSSR count). The maximum atomic E-state index is 11.5.